The minimum atomic E-state index is -0.470. The van der Waals surface area contributed by atoms with Crippen molar-refractivity contribution in [2.24, 2.45) is 22.0 Å². The van der Waals surface area contributed by atoms with Crippen molar-refractivity contribution >= 4 is 5.91 Å². The molecule has 2 N–H and O–H groups in total. The summed E-state index contributed by atoms with van der Waals surface area (Å²) in [6, 6.07) is 0. The number of methoxy groups -OCH3 is 1. The van der Waals surface area contributed by atoms with E-state index in [2.05, 4.69) is 20.8 Å². The lowest BCUT2D eigenvalue weighted by atomic mass is 9.64. The fraction of sp³-hybridized carbons (Fsp3) is 0.833. The zero-order valence-corrected chi connectivity index (χ0v) is 9.96. The first-order valence-electron chi connectivity index (χ1n) is 5.50. The average molecular weight is 210 g/mol. The van der Waals surface area contributed by atoms with E-state index in [9.17, 15) is 4.79 Å². The van der Waals surface area contributed by atoms with Gasteiger partial charge in [0.2, 0.25) is 5.91 Å². The lowest BCUT2D eigenvalue weighted by Crippen LogP contribution is -2.44. The molecule has 1 amide bonds. The second kappa shape index (κ2) is 2.76. The molecule has 85 valence electrons. The van der Waals surface area contributed by atoms with Crippen LogP contribution in [0.15, 0.2) is 0 Å². The summed E-state index contributed by atoms with van der Waals surface area (Å²) in [5.74, 6) is -0.198. The Labute approximate surface area is 91.4 Å². The molecule has 2 saturated carbocycles. The van der Waals surface area contributed by atoms with Crippen LogP contribution >= 0.6 is 0 Å². The standard InChI is InChI=1S/C12H20NO2/c1-10(2)11(3)5-6-12(10,9(13)14)7-8(11)15-4/h7-8H,5-6H2,1-4H3,(H2,13,14). The maximum absolute atomic E-state index is 11.7. The molecule has 1 radical (unpaired) electrons. The Bertz CT molecular complexity index is 313. The van der Waals surface area contributed by atoms with Crippen LogP contribution in [0.1, 0.15) is 33.6 Å². The first kappa shape index (κ1) is 10.9. The number of ether oxygens (including phenoxy) is 1. The Morgan fingerprint density at radius 3 is 2.33 bits per heavy atom. The van der Waals surface area contributed by atoms with Crippen LogP contribution in [0.2, 0.25) is 0 Å². The number of carbonyl (C=O) groups excluding carboxylic acids is 1. The van der Waals surface area contributed by atoms with Crippen molar-refractivity contribution in [3.8, 4) is 0 Å². The first-order valence-corrected chi connectivity index (χ1v) is 5.50. The summed E-state index contributed by atoms with van der Waals surface area (Å²) in [4.78, 5) is 11.7. The van der Waals surface area contributed by atoms with E-state index in [1.807, 2.05) is 6.42 Å². The van der Waals surface area contributed by atoms with Gasteiger partial charge in [-0.3, -0.25) is 4.79 Å². The van der Waals surface area contributed by atoms with Crippen LogP contribution in [-0.2, 0) is 9.53 Å². The third-order valence-electron chi connectivity index (χ3n) is 5.34. The van der Waals surface area contributed by atoms with Crippen molar-refractivity contribution in [3.63, 3.8) is 0 Å². The highest BCUT2D eigenvalue weighted by atomic mass is 16.5. The molecule has 3 atom stereocenters. The first-order chi connectivity index (χ1) is 6.82. The topological polar surface area (TPSA) is 52.3 Å². The van der Waals surface area contributed by atoms with Crippen LogP contribution in [0, 0.1) is 22.7 Å². The molecule has 0 aliphatic heterocycles. The zero-order valence-electron chi connectivity index (χ0n) is 9.96. The van der Waals surface area contributed by atoms with Gasteiger partial charge in [-0.05, 0) is 18.3 Å². The molecular weight excluding hydrogens is 190 g/mol. The fourth-order valence-corrected chi connectivity index (χ4v) is 3.66. The van der Waals surface area contributed by atoms with Crippen LogP contribution in [0.5, 0.6) is 0 Å². The summed E-state index contributed by atoms with van der Waals surface area (Å²) < 4.78 is 5.50. The molecule has 2 aliphatic rings. The Balaban J connectivity index is 2.50. The van der Waals surface area contributed by atoms with E-state index < -0.39 is 5.41 Å². The third kappa shape index (κ3) is 0.930. The van der Waals surface area contributed by atoms with Gasteiger partial charge in [-0.15, -0.1) is 0 Å². The molecule has 0 saturated heterocycles. The summed E-state index contributed by atoms with van der Waals surface area (Å²) in [5, 5.41) is 0. The minimum absolute atomic E-state index is 0.0385. The minimum Gasteiger partial charge on any atom is -0.381 e. The van der Waals surface area contributed by atoms with E-state index in [0.29, 0.717) is 0 Å². The van der Waals surface area contributed by atoms with E-state index in [4.69, 9.17) is 10.5 Å². The Morgan fingerprint density at radius 1 is 1.40 bits per heavy atom. The highest BCUT2D eigenvalue weighted by molar-refractivity contribution is 5.85. The van der Waals surface area contributed by atoms with Gasteiger partial charge in [0.05, 0.1) is 11.5 Å². The molecule has 2 rings (SSSR count). The number of rotatable bonds is 2. The van der Waals surface area contributed by atoms with Crippen molar-refractivity contribution in [1.82, 2.24) is 0 Å². The van der Waals surface area contributed by atoms with Gasteiger partial charge >= 0.3 is 0 Å². The molecule has 3 nitrogen and oxygen atoms in total. The highest BCUT2D eigenvalue weighted by Crippen LogP contribution is 2.72. The molecular formula is C12H20NO2. The molecule has 0 aromatic heterocycles. The Morgan fingerprint density at radius 2 is 2.00 bits per heavy atom. The normalized spacial score (nSPS) is 47.1. The maximum atomic E-state index is 11.7. The molecule has 15 heavy (non-hydrogen) atoms. The van der Waals surface area contributed by atoms with Crippen LogP contribution in [0.3, 0.4) is 0 Å². The fourth-order valence-electron chi connectivity index (χ4n) is 3.66. The second-order valence-electron chi connectivity index (χ2n) is 5.70. The van der Waals surface area contributed by atoms with Gasteiger partial charge in [-0.1, -0.05) is 20.8 Å². The molecule has 0 aromatic rings. The number of hydrogen-bond donors (Lipinski definition) is 1. The average Bonchev–Trinajstić information content (AvgIpc) is 2.46. The van der Waals surface area contributed by atoms with Crippen LogP contribution in [-0.4, -0.2) is 19.1 Å². The molecule has 3 unspecified atom stereocenters. The van der Waals surface area contributed by atoms with Crippen molar-refractivity contribution in [3.05, 3.63) is 6.42 Å². The van der Waals surface area contributed by atoms with Crippen LogP contribution in [0.25, 0.3) is 0 Å². The molecule has 0 aromatic carbocycles. The number of fused-ring (bicyclic) bond motifs is 2. The smallest absolute Gasteiger partial charge is 0.224 e. The van der Waals surface area contributed by atoms with Gasteiger partial charge < -0.3 is 10.5 Å². The van der Waals surface area contributed by atoms with Gasteiger partial charge in [-0.2, -0.15) is 0 Å². The second-order valence-corrected chi connectivity index (χ2v) is 5.70. The van der Waals surface area contributed by atoms with E-state index >= 15 is 0 Å². The zero-order chi connectivity index (χ0) is 11.5. The van der Waals surface area contributed by atoms with E-state index in [1.165, 1.54) is 0 Å². The van der Waals surface area contributed by atoms with Gasteiger partial charge in [0, 0.05) is 18.9 Å². The van der Waals surface area contributed by atoms with Crippen LogP contribution < -0.4 is 5.73 Å². The Hall–Kier alpha value is -0.570. The van der Waals surface area contributed by atoms with E-state index in [0.717, 1.165) is 12.8 Å². The molecule has 0 spiro atoms. The van der Waals surface area contributed by atoms with Gasteiger partial charge in [0.25, 0.3) is 0 Å². The lowest BCUT2D eigenvalue weighted by molar-refractivity contribution is -0.130. The van der Waals surface area contributed by atoms with E-state index in [1.54, 1.807) is 7.11 Å². The van der Waals surface area contributed by atoms with Crippen molar-refractivity contribution in [2.45, 2.75) is 39.7 Å². The third-order valence-corrected chi connectivity index (χ3v) is 5.34. The molecule has 2 bridgehead atoms. The SMILES string of the molecule is COC1[CH]C2(C(N)=O)CCC1(C)C2(C)C. The molecule has 2 fully saturated rings. The van der Waals surface area contributed by atoms with Crippen molar-refractivity contribution in [1.29, 1.82) is 0 Å². The summed E-state index contributed by atoms with van der Waals surface area (Å²) >= 11 is 0. The summed E-state index contributed by atoms with van der Waals surface area (Å²) in [7, 11) is 1.71. The van der Waals surface area contributed by atoms with Crippen molar-refractivity contribution < 1.29 is 9.53 Å². The van der Waals surface area contributed by atoms with E-state index in [-0.39, 0.29) is 22.8 Å². The number of hydrogen-bond acceptors (Lipinski definition) is 2. The largest absolute Gasteiger partial charge is 0.381 e. The highest BCUT2D eigenvalue weighted by Gasteiger charge is 2.72. The number of primary amides is 1. The maximum Gasteiger partial charge on any atom is 0.224 e. The van der Waals surface area contributed by atoms with Gasteiger partial charge in [0.15, 0.2) is 0 Å². The predicted molar refractivity (Wildman–Crippen MR) is 57.8 cm³/mol. The van der Waals surface area contributed by atoms with Gasteiger partial charge in [-0.25, -0.2) is 0 Å². The van der Waals surface area contributed by atoms with Gasteiger partial charge in [0.1, 0.15) is 0 Å². The van der Waals surface area contributed by atoms with Crippen LogP contribution in [0.4, 0.5) is 0 Å². The monoisotopic (exact) mass is 210 g/mol. The number of carbonyl (C=O) groups is 1. The molecule has 3 heteroatoms. The van der Waals surface area contributed by atoms with Crippen molar-refractivity contribution in [2.75, 3.05) is 7.11 Å². The summed E-state index contributed by atoms with van der Waals surface area (Å²) in [5.41, 5.74) is 5.06. The summed E-state index contributed by atoms with van der Waals surface area (Å²) in [6.45, 7) is 6.48. The summed E-state index contributed by atoms with van der Waals surface area (Å²) in [6.07, 6.45) is 3.97. The molecule has 0 heterocycles. The lowest BCUT2D eigenvalue weighted by Gasteiger charge is -2.39. The number of amides is 1. The number of nitrogens with two attached hydrogens (primary N) is 1. The predicted octanol–water partition coefficient (Wildman–Crippen LogP) is 1.52. The quantitative estimate of drug-likeness (QED) is 0.751. The Kier molecular flexibility index (Phi) is 2.01. The molecule has 2 aliphatic carbocycles.